The zero-order valence-corrected chi connectivity index (χ0v) is 37.1. The molecule has 1 heteroatoms. The fourth-order valence-corrected chi connectivity index (χ4v) is 12.5. The number of fused-ring (bicyclic) bond motifs is 19. The minimum atomic E-state index is -0.366. The molecule has 0 aliphatic heterocycles. The molecule has 12 aromatic carbocycles. The number of hydrogen-bond acceptors (Lipinski definition) is 0. The quantitative estimate of drug-likeness (QED) is 0.155. The van der Waals surface area contributed by atoms with Gasteiger partial charge in [-0.1, -0.05) is 206 Å². The summed E-state index contributed by atoms with van der Waals surface area (Å²) in [7, 11) is 0. The van der Waals surface area contributed by atoms with Gasteiger partial charge in [0.25, 0.3) is 0 Å². The van der Waals surface area contributed by atoms with Gasteiger partial charge in [0.05, 0.1) is 16.4 Å². The van der Waals surface area contributed by atoms with Crippen molar-refractivity contribution in [2.75, 3.05) is 0 Å². The van der Waals surface area contributed by atoms with Crippen LogP contribution in [0.15, 0.2) is 249 Å². The monoisotopic (exact) mass is 859 g/mol. The van der Waals surface area contributed by atoms with Gasteiger partial charge in [0, 0.05) is 16.5 Å². The summed E-state index contributed by atoms with van der Waals surface area (Å²) in [6.07, 6.45) is 0. The van der Waals surface area contributed by atoms with Gasteiger partial charge in [-0.3, -0.25) is 0 Å². The third-order valence-electron chi connectivity index (χ3n) is 15.4. The van der Waals surface area contributed by atoms with Gasteiger partial charge >= 0.3 is 0 Å². The first-order chi connectivity index (χ1) is 33.7. The Kier molecular flexibility index (Phi) is 7.77. The maximum Gasteiger partial charge on any atom is 0.0725 e. The SMILES string of the molecule is c1cc(-c2ccc3c4ccccc4c4ccccc4c3c2)cc(-c2ccc3c4ccccc4n(-c4ccc(-c5ccc6c(c5)C5(c7ccccc7-c7ccccc75)c5ccccc5-6)cc4)c3c2)c1. The second kappa shape index (κ2) is 14.1. The minimum Gasteiger partial charge on any atom is -0.309 e. The van der Waals surface area contributed by atoms with Crippen molar-refractivity contribution in [2.24, 2.45) is 0 Å². The molecule has 1 aromatic heterocycles. The molecular weight excluding hydrogens is 819 g/mol. The van der Waals surface area contributed by atoms with Crippen LogP contribution in [0, 0.1) is 0 Å². The van der Waals surface area contributed by atoms with Gasteiger partial charge in [-0.05, 0) is 153 Å². The van der Waals surface area contributed by atoms with E-state index in [0.29, 0.717) is 0 Å². The Labute approximate surface area is 394 Å². The highest BCUT2D eigenvalue weighted by Crippen LogP contribution is 2.63. The highest BCUT2D eigenvalue weighted by atomic mass is 15.0. The van der Waals surface area contributed by atoms with E-state index in [1.54, 1.807) is 0 Å². The third kappa shape index (κ3) is 5.11. The Bertz CT molecular complexity index is 4160. The summed E-state index contributed by atoms with van der Waals surface area (Å²) < 4.78 is 2.45. The molecule has 0 saturated carbocycles. The van der Waals surface area contributed by atoms with Gasteiger partial charge in [0.1, 0.15) is 0 Å². The fourth-order valence-electron chi connectivity index (χ4n) is 12.5. The van der Waals surface area contributed by atoms with E-state index in [0.717, 1.165) is 5.69 Å². The lowest BCUT2D eigenvalue weighted by atomic mass is 9.70. The smallest absolute Gasteiger partial charge is 0.0725 e. The highest BCUT2D eigenvalue weighted by molar-refractivity contribution is 6.25. The molecule has 2 aliphatic carbocycles. The van der Waals surface area contributed by atoms with E-state index < -0.39 is 0 Å². The molecule has 0 amide bonds. The largest absolute Gasteiger partial charge is 0.309 e. The molecule has 0 fully saturated rings. The van der Waals surface area contributed by atoms with Gasteiger partial charge < -0.3 is 4.57 Å². The van der Waals surface area contributed by atoms with Crippen LogP contribution in [0.4, 0.5) is 0 Å². The van der Waals surface area contributed by atoms with Gasteiger partial charge in [-0.15, -0.1) is 0 Å². The average Bonchev–Trinajstić information content (AvgIpc) is 4.02. The molecule has 0 saturated heterocycles. The molecular formula is C67H41N. The summed E-state index contributed by atoms with van der Waals surface area (Å²) in [6.45, 7) is 0. The molecule has 68 heavy (non-hydrogen) atoms. The topological polar surface area (TPSA) is 4.93 Å². The molecule has 1 spiro atoms. The van der Waals surface area contributed by atoms with E-state index in [9.17, 15) is 0 Å². The number of benzene rings is 12. The van der Waals surface area contributed by atoms with Gasteiger partial charge in [0.15, 0.2) is 0 Å². The molecule has 2 aliphatic rings. The molecule has 1 heterocycles. The van der Waals surface area contributed by atoms with Gasteiger partial charge in [0.2, 0.25) is 0 Å². The number of aromatic nitrogens is 1. The van der Waals surface area contributed by atoms with Gasteiger partial charge in [-0.2, -0.15) is 0 Å². The minimum absolute atomic E-state index is 0.366. The Morgan fingerprint density at radius 3 is 1.25 bits per heavy atom. The van der Waals surface area contributed by atoms with E-state index in [-0.39, 0.29) is 5.41 Å². The van der Waals surface area contributed by atoms with Crippen LogP contribution in [0.3, 0.4) is 0 Å². The Hall–Kier alpha value is -8.78. The van der Waals surface area contributed by atoms with Crippen molar-refractivity contribution < 1.29 is 0 Å². The molecule has 0 atom stereocenters. The van der Waals surface area contributed by atoms with Crippen LogP contribution in [0.5, 0.6) is 0 Å². The number of nitrogens with zero attached hydrogens (tertiary/aromatic N) is 1. The predicted octanol–water partition coefficient (Wildman–Crippen LogP) is 17.6. The van der Waals surface area contributed by atoms with Crippen molar-refractivity contribution in [1.29, 1.82) is 0 Å². The summed E-state index contributed by atoms with van der Waals surface area (Å²) in [5, 5.41) is 10.3. The summed E-state index contributed by atoms with van der Waals surface area (Å²) in [4.78, 5) is 0. The average molecular weight is 860 g/mol. The van der Waals surface area contributed by atoms with Gasteiger partial charge in [-0.25, -0.2) is 0 Å². The Morgan fingerprint density at radius 1 is 0.221 bits per heavy atom. The molecule has 0 bridgehead atoms. The number of hydrogen-bond donors (Lipinski definition) is 0. The van der Waals surface area contributed by atoms with E-state index in [1.165, 1.54) is 132 Å². The molecule has 314 valence electrons. The van der Waals surface area contributed by atoms with Crippen LogP contribution in [0.1, 0.15) is 22.3 Å². The fraction of sp³-hybridized carbons (Fsp3) is 0.0149. The first-order valence-corrected chi connectivity index (χ1v) is 23.7. The van der Waals surface area contributed by atoms with Crippen LogP contribution in [0.2, 0.25) is 0 Å². The summed E-state index contributed by atoms with van der Waals surface area (Å²) in [6, 6.07) is 93.0. The molecule has 1 nitrogen and oxygen atoms in total. The molecule has 13 aromatic rings. The van der Waals surface area contributed by atoms with Crippen LogP contribution >= 0.6 is 0 Å². The summed E-state index contributed by atoms with van der Waals surface area (Å²) in [5.74, 6) is 0. The van der Waals surface area contributed by atoms with Crippen molar-refractivity contribution in [2.45, 2.75) is 5.41 Å². The Balaban J connectivity index is 0.831. The second-order valence-corrected chi connectivity index (χ2v) is 18.7. The zero-order chi connectivity index (χ0) is 44.5. The van der Waals surface area contributed by atoms with E-state index in [1.807, 2.05) is 0 Å². The van der Waals surface area contributed by atoms with Crippen molar-refractivity contribution in [3.8, 4) is 61.3 Å². The van der Waals surface area contributed by atoms with Crippen molar-refractivity contribution in [3.63, 3.8) is 0 Å². The van der Waals surface area contributed by atoms with Crippen LogP contribution in [-0.4, -0.2) is 4.57 Å². The standard InChI is InChI=1S/C67H41N/c1-2-18-51-49(16-1)50-17-3-4-19-52(50)60-39-45(30-35-53(51)60)43-14-13-15-44(38-43)47-32-37-59-58-23-8-12-27-65(58)68(66(59)41-47)48-33-28-42(29-34-48)46-31-36-57-56-22-7-11-26-63(56)67(64(57)40-46)61-24-9-5-20-54(61)55-21-6-10-25-62(55)67/h1-41H. The van der Waals surface area contributed by atoms with E-state index in [4.69, 9.17) is 0 Å². The maximum absolute atomic E-state index is 2.48. The first kappa shape index (κ1) is 37.4. The van der Waals surface area contributed by atoms with E-state index >= 15 is 0 Å². The van der Waals surface area contributed by atoms with Crippen molar-refractivity contribution in [3.05, 3.63) is 271 Å². The third-order valence-corrected chi connectivity index (χ3v) is 15.4. The van der Waals surface area contributed by atoms with Crippen molar-refractivity contribution >= 4 is 54.1 Å². The second-order valence-electron chi connectivity index (χ2n) is 18.7. The predicted molar refractivity (Wildman–Crippen MR) is 286 cm³/mol. The first-order valence-electron chi connectivity index (χ1n) is 23.7. The number of para-hydroxylation sites is 1. The summed E-state index contributed by atoms with van der Waals surface area (Å²) in [5.41, 5.74) is 21.2. The van der Waals surface area contributed by atoms with Crippen LogP contribution < -0.4 is 0 Å². The molecule has 0 radical (unpaired) electrons. The Morgan fingerprint density at radius 2 is 0.632 bits per heavy atom. The lowest BCUT2D eigenvalue weighted by Crippen LogP contribution is -2.25. The van der Waals surface area contributed by atoms with Crippen LogP contribution in [-0.2, 0) is 5.41 Å². The highest BCUT2D eigenvalue weighted by Gasteiger charge is 2.51. The molecule has 15 rings (SSSR count). The lowest BCUT2D eigenvalue weighted by Gasteiger charge is -2.30. The maximum atomic E-state index is 2.48. The van der Waals surface area contributed by atoms with Crippen LogP contribution in [0.25, 0.3) is 115 Å². The normalized spacial score (nSPS) is 13.1. The van der Waals surface area contributed by atoms with Crippen molar-refractivity contribution in [1.82, 2.24) is 4.57 Å². The molecule has 0 unspecified atom stereocenters. The summed E-state index contributed by atoms with van der Waals surface area (Å²) >= 11 is 0. The van der Waals surface area contributed by atoms with E-state index in [2.05, 4.69) is 253 Å². The molecule has 0 N–H and O–H groups in total. The zero-order valence-electron chi connectivity index (χ0n) is 37.1. The number of rotatable bonds is 4. The lowest BCUT2D eigenvalue weighted by molar-refractivity contribution is 0.794.